The van der Waals surface area contributed by atoms with Crippen molar-refractivity contribution in [3.8, 4) is 11.1 Å². The zero-order chi connectivity index (χ0) is 12.3. The summed E-state index contributed by atoms with van der Waals surface area (Å²) in [6, 6.07) is 10.1. The Morgan fingerprint density at radius 2 is 1.88 bits per heavy atom. The Morgan fingerprint density at radius 3 is 2.47 bits per heavy atom. The van der Waals surface area contributed by atoms with Crippen molar-refractivity contribution in [2.24, 2.45) is 0 Å². The van der Waals surface area contributed by atoms with Gasteiger partial charge in [0.25, 0.3) is 0 Å². The van der Waals surface area contributed by atoms with Gasteiger partial charge in [-0.3, -0.25) is 9.78 Å². The monoisotopic (exact) mass is 225 g/mol. The van der Waals surface area contributed by atoms with Gasteiger partial charge in [0.15, 0.2) is 0 Å². The van der Waals surface area contributed by atoms with E-state index in [2.05, 4.69) is 17.1 Å². The number of aryl methyl sites for hydroxylation is 1. The fourth-order valence-electron chi connectivity index (χ4n) is 1.89. The highest BCUT2D eigenvalue weighted by atomic mass is 16.1. The first-order chi connectivity index (χ1) is 8.16. The van der Waals surface area contributed by atoms with E-state index in [1.807, 2.05) is 31.3 Å². The molecule has 0 bridgehead atoms. The molecule has 0 fully saturated rings. The van der Waals surface area contributed by atoms with Crippen molar-refractivity contribution < 1.29 is 4.79 Å². The van der Waals surface area contributed by atoms with Crippen molar-refractivity contribution in [1.29, 1.82) is 0 Å². The smallest absolute Gasteiger partial charge is 0.134 e. The lowest BCUT2D eigenvalue weighted by Crippen LogP contribution is -1.95. The molecule has 2 heteroatoms. The number of carbonyl (C=O) groups is 1. The number of carbonyl (C=O) groups excluding carboxylic acids is 1. The fourth-order valence-corrected chi connectivity index (χ4v) is 1.89. The van der Waals surface area contributed by atoms with Gasteiger partial charge in [0.05, 0.1) is 0 Å². The van der Waals surface area contributed by atoms with Crippen LogP contribution in [0.25, 0.3) is 11.1 Å². The highest BCUT2D eigenvalue weighted by molar-refractivity contribution is 5.78. The van der Waals surface area contributed by atoms with Gasteiger partial charge in [-0.1, -0.05) is 24.3 Å². The summed E-state index contributed by atoms with van der Waals surface area (Å²) in [4.78, 5) is 15.1. The molecule has 0 saturated heterocycles. The number of hydrogen-bond acceptors (Lipinski definition) is 2. The molecule has 2 rings (SSSR count). The second-order valence-electron chi connectivity index (χ2n) is 4.27. The Hall–Kier alpha value is -1.96. The highest BCUT2D eigenvalue weighted by Gasteiger charge is 2.02. The second-order valence-corrected chi connectivity index (χ2v) is 4.27. The molecule has 1 aromatic heterocycles. The molecule has 0 aliphatic rings. The normalized spacial score (nSPS) is 10.2. The summed E-state index contributed by atoms with van der Waals surface area (Å²) >= 11 is 0. The van der Waals surface area contributed by atoms with Crippen molar-refractivity contribution in [2.45, 2.75) is 20.3 Å². The van der Waals surface area contributed by atoms with Gasteiger partial charge < -0.3 is 0 Å². The van der Waals surface area contributed by atoms with Gasteiger partial charge in [-0.05, 0) is 42.2 Å². The van der Waals surface area contributed by atoms with Crippen LogP contribution >= 0.6 is 0 Å². The number of aromatic nitrogens is 1. The first-order valence-electron chi connectivity index (χ1n) is 5.66. The lowest BCUT2D eigenvalue weighted by molar-refractivity contribution is -0.116. The molecule has 0 aliphatic carbocycles. The first-order valence-corrected chi connectivity index (χ1v) is 5.66. The van der Waals surface area contributed by atoms with E-state index in [1.165, 1.54) is 5.56 Å². The summed E-state index contributed by atoms with van der Waals surface area (Å²) in [6.45, 7) is 3.66. The van der Waals surface area contributed by atoms with E-state index >= 15 is 0 Å². The molecule has 0 saturated carbocycles. The maximum atomic E-state index is 11.0. The minimum Gasteiger partial charge on any atom is -0.300 e. The molecular formula is C15H15NO. The van der Waals surface area contributed by atoms with Gasteiger partial charge in [-0.2, -0.15) is 0 Å². The van der Waals surface area contributed by atoms with E-state index in [-0.39, 0.29) is 5.78 Å². The highest BCUT2D eigenvalue weighted by Crippen LogP contribution is 2.22. The SMILES string of the molecule is CC(=O)Cc1ccc(-c2ccncc2C)cc1. The van der Waals surface area contributed by atoms with Crippen molar-refractivity contribution in [3.63, 3.8) is 0 Å². The molecule has 86 valence electrons. The molecule has 17 heavy (non-hydrogen) atoms. The Labute approximate surface area is 101 Å². The van der Waals surface area contributed by atoms with Crippen LogP contribution in [0, 0.1) is 6.92 Å². The van der Waals surface area contributed by atoms with Gasteiger partial charge in [0.1, 0.15) is 5.78 Å². The summed E-state index contributed by atoms with van der Waals surface area (Å²) < 4.78 is 0. The second kappa shape index (κ2) is 4.91. The number of ketones is 1. The summed E-state index contributed by atoms with van der Waals surface area (Å²) in [7, 11) is 0. The number of pyridine rings is 1. The number of nitrogens with zero attached hydrogens (tertiary/aromatic N) is 1. The Bertz CT molecular complexity index is 529. The quantitative estimate of drug-likeness (QED) is 0.803. The predicted octanol–water partition coefficient (Wildman–Crippen LogP) is 3.19. The number of Topliss-reactive ketones (excluding diaryl/α,β-unsaturated/α-hetero) is 1. The van der Waals surface area contributed by atoms with Crippen LogP contribution in [0.5, 0.6) is 0 Å². The molecule has 0 amide bonds. The molecule has 1 heterocycles. The summed E-state index contributed by atoms with van der Waals surface area (Å²) in [5.41, 5.74) is 4.58. The van der Waals surface area contributed by atoms with Crippen LogP contribution in [0.1, 0.15) is 18.1 Å². The van der Waals surface area contributed by atoms with E-state index in [0.717, 1.165) is 16.7 Å². The average molecular weight is 225 g/mol. The minimum atomic E-state index is 0.192. The van der Waals surface area contributed by atoms with Crippen LogP contribution < -0.4 is 0 Å². The van der Waals surface area contributed by atoms with E-state index < -0.39 is 0 Å². The minimum absolute atomic E-state index is 0.192. The van der Waals surface area contributed by atoms with Crippen molar-refractivity contribution in [2.75, 3.05) is 0 Å². The van der Waals surface area contributed by atoms with Gasteiger partial charge in [-0.15, -0.1) is 0 Å². The van der Waals surface area contributed by atoms with Crippen LogP contribution in [0.4, 0.5) is 0 Å². The summed E-state index contributed by atoms with van der Waals surface area (Å²) in [5, 5.41) is 0. The van der Waals surface area contributed by atoms with Crippen molar-refractivity contribution in [1.82, 2.24) is 4.98 Å². The predicted molar refractivity (Wildman–Crippen MR) is 68.8 cm³/mol. The van der Waals surface area contributed by atoms with Crippen molar-refractivity contribution in [3.05, 3.63) is 53.9 Å². The van der Waals surface area contributed by atoms with E-state index in [0.29, 0.717) is 6.42 Å². The molecule has 1 aromatic carbocycles. The Kier molecular flexibility index (Phi) is 3.33. The Morgan fingerprint density at radius 1 is 1.18 bits per heavy atom. The maximum Gasteiger partial charge on any atom is 0.134 e. The summed E-state index contributed by atoms with van der Waals surface area (Å²) in [5.74, 6) is 0.192. The first kappa shape index (κ1) is 11.5. The Balaban J connectivity index is 2.30. The largest absolute Gasteiger partial charge is 0.300 e. The molecule has 2 aromatic rings. The lowest BCUT2D eigenvalue weighted by atomic mass is 10.00. The van der Waals surface area contributed by atoms with Crippen LogP contribution in [0.3, 0.4) is 0 Å². The van der Waals surface area contributed by atoms with E-state index in [4.69, 9.17) is 0 Å². The fraction of sp³-hybridized carbons (Fsp3) is 0.200. The van der Waals surface area contributed by atoms with Crippen LogP contribution in [-0.4, -0.2) is 10.8 Å². The third-order valence-electron chi connectivity index (χ3n) is 2.74. The molecule has 0 radical (unpaired) electrons. The van der Waals surface area contributed by atoms with Gasteiger partial charge in [0, 0.05) is 18.8 Å². The standard InChI is InChI=1S/C15H15NO/c1-11-10-16-8-7-15(11)14-5-3-13(4-6-14)9-12(2)17/h3-8,10H,9H2,1-2H3. The number of rotatable bonds is 3. The van der Waals surface area contributed by atoms with Crippen molar-refractivity contribution >= 4 is 5.78 Å². The van der Waals surface area contributed by atoms with Gasteiger partial charge in [-0.25, -0.2) is 0 Å². The molecular weight excluding hydrogens is 210 g/mol. The number of benzene rings is 1. The molecule has 0 unspecified atom stereocenters. The zero-order valence-electron chi connectivity index (χ0n) is 10.1. The zero-order valence-corrected chi connectivity index (χ0v) is 10.1. The maximum absolute atomic E-state index is 11.0. The topological polar surface area (TPSA) is 30.0 Å². The van der Waals surface area contributed by atoms with E-state index in [9.17, 15) is 4.79 Å². The molecule has 0 N–H and O–H groups in total. The molecule has 0 spiro atoms. The van der Waals surface area contributed by atoms with Crippen LogP contribution in [-0.2, 0) is 11.2 Å². The molecule has 0 atom stereocenters. The van der Waals surface area contributed by atoms with Gasteiger partial charge in [0.2, 0.25) is 0 Å². The average Bonchev–Trinajstić information content (AvgIpc) is 2.30. The molecule has 0 aliphatic heterocycles. The third-order valence-corrected chi connectivity index (χ3v) is 2.74. The van der Waals surface area contributed by atoms with E-state index in [1.54, 1.807) is 13.1 Å². The summed E-state index contributed by atoms with van der Waals surface area (Å²) in [6.07, 6.45) is 4.17. The number of hydrogen-bond donors (Lipinski definition) is 0. The van der Waals surface area contributed by atoms with Gasteiger partial charge >= 0.3 is 0 Å². The molecule has 2 nitrogen and oxygen atoms in total. The lowest BCUT2D eigenvalue weighted by Gasteiger charge is -2.06. The van der Waals surface area contributed by atoms with Crippen LogP contribution in [0.2, 0.25) is 0 Å². The van der Waals surface area contributed by atoms with Crippen LogP contribution in [0.15, 0.2) is 42.7 Å². The third kappa shape index (κ3) is 2.78.